The number of carbonyl (C=O) groups is 1. The summed E-state index contributed by atoms with van der Waals surface area (Å²) in [4.78, 5) is 13.8. The third-order valence-corrected chi connectivity index (χ3v) is 3.82. The van der Waals surface area contributed by atoms with Crippen LogP contribution < -0.4 is 5.32 Å². The number of hydrogen-bond acceptors (Lipinski definition) is 5. The molecule has 102 valence electrons. The summed E-state index contributed by atoms with van der Waals surface area (Å²) in [6, 6.07) is 7.59. The number of thiophene rings is 1. The zero-order valence-electron chi connectivity index (χ0n) is 11.2. The smallest absolute Gasteiger partial charge is 0.373 e. The predicted octanol–water partition coefficient (Wildman–Crippen LogP) is 3.14. The van der Waals surface area contributed by atoms with Crippen LogP contribution in [0, 0.1) is 6.92 Å². The van der Waals surface area contributed by atoms with E-state index >= 15 is 0 Å². The molecular formula is C14H17NO3S. The molecule has 2 heterocycles. The first-order valence-corrected chi connectivity index (χ1v) is 6.95. The fraction of sp³-hybridized carbons (Fsp3) is 0.357. The zero-order valence-corrected chi connectivity index (χ0v) is 12.0. The largest absolute Gasteiger partial charge is 0.463 e. The lowest BCUT2D eigenvalue weighted by atomic mass is 10.2. The third-order valence-electron chi connectivity index (χ3n) is 2.75. The summed E-state index contributed by atoms with van der Waals surface area (Å²) in [7, 11) is 1.34. The molecule has 1 atom stereocenters. The molecule has 4 nitrogen and oxygen atoms in total. The number of nitrogens with one attached hydrogen (secondary N) is 1. The van der Waals surface area contributed by atoms with E-state index < -0.39 is 5.97 Å². The highest BCUT2D eigenvalue weighted by Crippen LogP contribution is 2.29. The molecule has 0 aliphatic heterocycles. The SMILES string of the molecule is CCNC(c1ccc(C(=O)OC)o1)c1ccc(C)s1. The first-order valence-electron chi connectivity index (χ1n) is 6.13. The Kier molecular flexibility index (Phi) is 4.39. The van der Waals surface area contributed by atoms with Crippen LogP contribution in [0.1, 0.15) is 39.0 Å². The summed E-state index contributed by atoms with van der Waals surface area (Å²) in [5.74, 6) is 0.502. The van der Waals surface area contributed by atoms with Gasteiger partial charge < -0.3 is 14.5 Å². The molecule has 19 heavy (non-hydrogen) atoms. The minimum Gasteiger partial charge on any atom is -0.463 e. The van der Waals surface area contributed by atoms with Crippen molar-refractivity contribution in [2.24, 2.45) is 0 Å². The van der Waals surface area contributed by atoms with Gasteiger partial charge in [-0.2, -0.15) is 0 Å². The van der Waals surface area contributed by atoms with Crippen molar-refractivity contribution in [3.63, 3.8) is 0 Å². The van der Waals surface area contributed by atoms with Crippen LogP contribution >= 0.6 is 11.3 Å². The molecule has 2 aromatic heterocycles. The minimum atomic E-state index is -0.455. The van der Waals surface area contributed by atoms with Crippen LogP contribution in [0.15, 0.2) is 28.7 Å². The first-order chi connectivity index (χ1) is 9.15. The highest BCUT2D eigenvalue weighted by molar-refractivity contribution is 7.12. The lowest BCUT2D eigenvalue weighted by Gasteiger charge is -2.13. The van der Waals surface area contributed by atoms with E-state index in [2.05, 4.69) is 29.1 Å². The highest BCUT2D eigenvalue weighted by atomic mass is 32.1. The first kappa shape index (κ1) is 13.8. The fourth-order valence-corrected chi connectivity index (χ4v) is 2.83. The molecule has 0 radical (unpaired) electrons. The van der Waals surface area contributed by atoms with Crippen molar-refractivity contribution in [1.82, 2.24) is 5.32 Å². The van der Waals surface area contributed by atoms with Crippen molar-refractivity contribution in [2.75, 3.05) is 13.7 Å². The Morgan fingerprint density at radius 2 is 2.21 bits per heavy atom. The van der Waals surface area contributed by atoms with Crippen LogP contribution in [0.2, 0.25) is 0 Å². The van der Waals surface area contributed by atoms with Crippen molar-refractivity contribution in [3.05, 3.63) is 45.5 Å². The Morgan fingerprint density at radius 1 is 1.42 bits per heavy atom. The number of methoxy groups -OCH3 is 1. The molecule has 0 aliphatic rings. The van der Waals surface area contributed by atoms with Gasteiger partial charge in [0.15, 0.2) is 0 Å². The Morgan fingerprint density at radius 3 is 2.79 bits per heavy atom. The fourth-order valence-electron chi connectivity index (χ4n) is 1.87. The monoisotopic (exact) mass is 279 g/mol. The van der Waals surface area contributed by atoms with Crippen molar-refractivity contribution in [3.8, 4) is 0 Å². The number of ether oxygens (including phenoxy) is 1. The molecule has 0 spiro atoms. The Bertz CT molecular complexity index is 559. The molecule has 0 fully saturated rings. The lowest BCUT2D eigenvalue weighted by molar-refractivity contribution is 0.0562. The zero-order chi connectivity index (χ0) is 13.8. The second-order valence-corrected chi connectivity index (χ2v) is 5.45. The number of esters is 1. The number of aryl methyl sites for hydroxylation is 1. The van der Waals surface area contributed by atoms with Gasteiger partial charge in [-0.1, -0.05) is 6.92 Å². The molecule has 0 aromatic carbocycles. The lowest BCUT2D eigenvalue weighted by Crippen LogP contribution is -2.20. The van der Waals surface area contributed by atoms with E-state index in [0.29, 0.717) is 0 Å². The van der Waals surface area contributed by atoms with Crippen molar-refractivity contribution < 1.29 is 13.9 Å². The van der Waals surface area contributed by atoms with Crippen LogP contribution in [-0.2, 0) is 4.74 Å². The highest BCUT2D eigenvalue weighted by Gasteiger charge is 2.20. The van der Waals surface area contributed by atoms with Gasteiger partial charge in [0.25, 0.3) is 0 Å². The molecule has 1 N–H and O–H groups in total. The Hall–Kier alpha value is -1.59. The van der Waals surface area contributed by atoms with Gasteiger partial charge in [0.1, 0.15) is 11.8 Å². The summed E-state index contributed by atoms with van der Waals surface area (Å²) in [5, 5.41) is 3.36. The summed E-state index contributed by atoms with van der Waals surface area (Å²) in [6.07, 6.45) is 0. The molecule has 2 aromatic rings. The van der Waals surface area contributed by atoms with Crippen LogP contribution in [0.5, 0.6) is 0 Å². The van der Waals surface area contributed by atoms with E-state index in [1.165, 1.54) is 16.9 Å². The van der Waals surface area contributed by atoms with Gasteiger partial charge in [-0.25, -0.2) is 4.79 Å². The third kappa shape index (κ3) is 3.05. The van der Waals surface area contributed by atoms with Gasteiger partial charge in [-0.3, -0.25) is 0 Å². The predicted molar refractivity (Wildman–Crippen MR) is 74.6 cm³/mol. The van der Waals surface area contributed by atoms with Gasteiger partial charge >= 0.3 is 5.97 Å². The maximum atomic E-state index is 11.4. The number of rotatable bonds is 5. The van der Waals surface area contributed by atoms with Crippen molar-refractivity contribution in [2.45, 2.75) is 19.9 Å². The van der Waals surface area contributed by atoms with Gasteiger partial charge in [0, 0.05) is 9.75 Å². The van der Waals surface area contributed by atoms with Gasteiger partial charge in [-0.15, -0.1) is 11.3 Å². The van der Waals surface area contributed by atoms with Crippen LogP contribution in [0.25, 0.3) is 0 Å². The molecule has 5 heteroatoms. The maximum absolute atomic E-state index is 11.4. The van der Waals surface area contributed by atoms with Crippen molar-refractivity contribution in [1.29, 1.82) is 0 Å². The van der Waals surface area contributed by atoms with Gasteiger partial charge in [0.2, 0.25) is 5.76 Å². The molecule has 2 rings (SSSR count). The Balaban J connectivity index is 2.29. The molecule has 0 aliphatic carbocycles. The standard InChI is InChI=1S/C14H17NO3S/c1-4-15-13(12-8-5-9(2)19-12)10-6-7-11(18-10)14(16)17-3/h5-8,13,15H,4H2,1-3H3. The quantitative estimate of drug-likeness (QED) is 0.854. The number of carbonyl (C=O) groups excluding carboxylic acids is 1. The molecule has 0 saturated carbocycles. The number of hydrogen-bond donors (Lipinski definition) is 1. The molecule has 1 unspecified atom stereocenters. The van der Waals surface area contributed by atoms with Gasteiger partial charge in [-0.05, 0) is 37.7 Å². The van der Waals surface area contributed by atoms with E-state index in [0.717, 1.165) is 12.3 Å². The van der Waals surface area contributed by atoms with Crippen LogP contribution in [0.3, 0.4) is 0 Å². The van der Waals surface area contributed by atoms with Crippen LogP contribution in [-0.4, -0.2) is 19.6 Å². The normalized spacial score (nSPS) is 12.4. The second kappa shape index (κ2) is 6.04. The molecule has 0 saturated heterocycles. The Labute approximate surface area is 116 Å². The molecule has 0 amide bonds. The topological polar surface area (TPSA) is 51.5 Å². The summed E-state index contributed by atoms with van der Waals surface area (Å²) >= 11 is 1.72. The average Bonchev–Trinajstić information content (AvgIpc) is 3.04. The molecular weight excluding hydrogens is 262 g/mol. The molecule has 0 bridgehead atoms. The van der Waals surface area contributed by atoms with Crippen molar-refractivity contribution >= 4 is 17.3 Å². The van der Waals surface area contributed by atoms with Gasteiger partial charge in [0.05, 0.1) is 7.11 Å². The average molecular weight is 279 g/mol. The van der Waals surface area contributed by atoms with E-state index in [1.807, 2.05) is 13.0 Å². The van der Waals surface area contributed by atoms with E-state index in [-0.39, 0.29) is 11.8 Å². The summed E-state index contributed by atoms with van der Waals surface area (Å²) < 4.78 is 10.2. The number of furan rings is 1. The maximum Gasteiger partial charge on any atom is 0.373 e. The second-order valence-electron chi connectivity index (χ2n) is 4.13. The van der Waals surface area contributed by atoms with E-state index in [4.69, 9.17) is 4.42 Å². The summed E-state index contributed by atoms with van der Waals surface area (Å²) in [6.45, 7) is 4.92. The van der Waals surface area contributed by atoms with Crippen LogP contribution in [0.4, 0.5) is 0 Å². The minimum absolute atomic E-state index is 0.0258. The summed E-state index contributed by atoms with van der Waals surface area (Å²) in [5.41, 5.74) is 0. The van der Waals surface area contributed by atoms with E-state index in [1.54, 1.807) is 17.4 Å². The van der Waals surface area contributed by atoms with E-state index in [9.17, 15) is 4.79 Å².